The average molecular weight is 326 g/mol. The number of carbonyl (C=O) groups is 1. The van der Waals surface area contributed by atoms with Crippen LogP contribution in [0.25, 0.3) is 0 Å². The summed E-state index contributed by atoms with van der Waals surface area (Å²) in [6, 6.07) is 8.33. The number of hydrogen-bond donors (Lipinski definition) is 0. The van der Waals surface area contributed by atoms with Gasteiger partial charge < -0.3 is 14.2 Å². The molecule has 0 bridgehead atoms. The van der Waals surface area contributed by atoms with Gasteiger partial charge in [-0.25, -0.2) is 0 Å². The van der Waals surface area contributed by atoms with Gasteiger partial charge in [0.2, 0.25) is 0 Å². The molecular weight excluding hydrogens is 304 g/mol. The normalized spacial score (nSPS) is 19.5. The first-order valence-electron chi connectivity index (χ1n) is 8.63. The molecule has 1 atom stereocenters. The first-order chi connectivity index (χ1) is 11.7. The highest BCUT2D eigenvalue weighted by Crippen LogP contribution is 2.25. The Morgan fingerprint density at radius 2 is 2.04 bits per heavy atom. The van der Waals surface area contributed by atoms with Gasteiger partial charge in [0.15, 0.2) is 5.69 Å². The summed E-state index contributed by atoms with van der Waals surface area (Å²) in [6.07, 6.45) is 4.85. The monoisotopic (exact) mass is 326 g/mol. The van der Waals surface area contributed by atoms with Crippen molar-refractivity contribution < 1.29 is 14.1 Å². The SMILES string of the molecule is CN(CC1Cc2ccccc2CO1)C(=O)c1noc2c1CCCC2. The number of hydrogen-bond acceptors (Lipinski definition) is 4. The predicted octanol–water partition coefficient (Wildman–Crippen LogP) is 2.77. The number of amides is 1. The fraction of sp³-hybridized carbons (Fsp3) is 0.474. The summed E-state index contributed by atoms with van der Waals surface area (Å²) in [5.74, 6) is 0.824. The van der Waals surface area contributed by atoms with Crippen LogP contribution in [-0.2, 0) is 30.6 Å². The number of aromatic nitrogens is 1. The smallest absolute Gasteiger partial charge is 0.276 e. The number of ether oxygens (including phenoxy) is 1. The van der Waals surface area contributed by atoms with Gasteiger partial charge in [0.1, 0.15) is 5.76 Å². The number of fused-ring (bicyclic) bond motifs is 2. The quantitative estimate of drug-likeness (QED) is 0.870. The summed E-state index contributed by atoms with van der Waals surface area (Å²) in [6.45, 7) is 1.18. The Hall–Kier alpha value is -2.14. The Kier molecular flexibility index (Phi) is 4.10. The Morgan fingerprint density at radius 3 is 2.92 bits per heavy atom. The third-order valence-electron chi connectivity index (χ3n) is 5.02. The van der Waals surface area contributed by atoms with E-state index in [2.05, 4.69) is 23.4 Å². The maximum Gasteiger partial charge on any atom is 0.276 e. The topological polar surface area (TPSA) is 55.6 Å². The second-order valence-corrected chi connectivity index (χ2v) is 6.73. The highest BCUT2D eigenvalue weighted by molar-refractivity contribution is 5.93. The van der Waals surface area contributed by atoms with Gasteiger partial charge in [-0.15, -0.1) is 0 Å². The molecule has 0 saturated carbocycles. The number of nitrogens with zero attached hydrogens (tertiary/aromatic N) is 2. The van der Waals surface area contributed by atoms with Crippen LogP contribution in [0, 0.1) is 0 Å². The number of carbonyl (C=O) groups excluding carboxylic acids is 1. The van der Waals surface area contributed by atoms with E-state index in [9.17, 15) is 4.79 Å². The van der Waals surface area contributed by atoms with Crippen molar-refractivity contribution in [3.8, 4) is 0 Å². The van der Waals surface area contributed by atoms with E-state index in [0.717, 1.165) is 43.4 Å². The van der Waals surface area contributed by atoms with Gasteiger partial charge in [-0.05, 0) is 30.4 Å². The summed E-state index contributed by atoms with van der Waals surface area (Å²) >= 11 is 0. The van der Waals surface area contributed by atoms with Crippen molar-refractivity contribution in [2.24, 2.45) is 0 Å². The van der Waals surface area contributed by atoms with Crippen LogP contribution in [0.3, 0.4) is 0 Å². The highest BCUT2D eigenvalue weighted by atomic mass is 16.5. The molecular formula is C19H22N2O3. The van der Waals surface area contributed by atoms with E-state index in [4.69, 9.17) is 9.26 Å². The van der Waals surface area contributed by atoms with Gasteiger partial charge in [0.05, 0.1) is 12.7 Å². The summed E-state index contributed by atoms with van der Waals surface area (Å²) in [5, 5.41) is 4.04. The predicted molar refractivity (Wildman–Crippen MR) is 88.8 cm³/mol. The molecule has 5 nitrogen and oxygen atoms in total. The molecule has 1 aliphatic heterocycles. The number of likely N-dealkylation sites (N-methyl/N-ethyl adjacent to an activating group) is 1. The van der Waals surface area contributed by atoms with Crippen molar-refractivity contribution in [3.63, 3.8) is 0 Å². The first kappa shape index (κ1) is 15.4. The van der Waals surface area contributed by atoms with E-state index in [1.54, 1.807) is 4.90 Å². The van der Waals surface area contributed by atoms with Crippen LogP contribution in [-0.4, -0.2) is 35.7 Å². The molecule has 0 radical (unpaired) electrons. The van der Waals surface area contributed by atoms with Crippen molar-refractivity contribution in [2.45, 2.75) is 44.8 Å². The van der Waals surface area contributed by atoms with E-state index in [1.807, 2.05) is 13.1 Å². The maximum atomic E-state index is 12.7. The first-order valence-corrected chi connectivity index (χ1v) is 8.63. The van der Waals surface area contributed by atoms with E-state index >= 15 is 0 Å². The van der Waals surface area contributed by atoms with Crippen LogP contribution in [0.4, 0.5) is 0 Å². The number of benzene rings is 1. The molecule has 0 N–H and O–H groups in total. The van der Waals surface area contributed by atoms with Crippen molar-refractivity contribution >= 4 is 5.91 Å². The Balaban J connectivity index is 1.44. The van der Waals surface area contributed by atoms with Gasteiger partial charge in [0.25, 0.3) is 5.91 Å². The Labute approximate surface area is 141 Å². The van der Waals surface area contributed by atoms with Crippen molar-refractivity contribution in [3.05, 3.63) is 52.4 Å². The molecule has 2 heterocycles. The summed E-state index contributed by atoms with van der Waals surface area (Å²) in [4.78, 5) is 14.5. The van der Waals surface area contributed by atoms with Crippen molar-refractivity contribution in [2.75, 3.05) is 13.6 Å². The van der Waals surface area contributed by atoms with Crippen LogP contribution in [0.2, 0.25) is 0 Å². The van der Waals surface area contributed by atoms with Gasteiger partial charge in [0, 0.05) is 32.0 Å². The lowest BCUT2D eigenvalue weighted by Gasteiger charge is -2.28. The lowest BCUT2D eigenvalue weighted by molar-refractivity contribution is 0.00961. The lowest BCUT2D eigenvalue weighted by Crippen LogP contribution is -2.38. The second kappa shape index (κ2) is 6.40. The average Bonchev–Trinajstić information content (AvgIpc) is 3.05. The molecule has 24 heavy (non-hydrogen) atoms. The van der Waals surface area contributed by atoms with Gasteiger partial charge >= 0.3 is 0 Å². The molecule has 0 saturated heterocycles. The number of aryl methyl sites for hydroxylation is 1. The minimum atomic E-state index is -0.0654. The lowest BCUT2D eigenvalue weighted by atomic mass is 9.96. The zero-order chi connectivity index (χ0) is 16.5. The summed E-state index contributed by atoms with van der Waals surface area (Å²) < 4.78 is 11.3. The van der Waals surface area contributed by atoms with Gasteiger partial charge in [-0.3, -0.25) is 4.79 Å². The van der Waals surface area contributed by atoms with E-state index in [-0.39, 0.29) is 12.0 Å². The standard InChI is InChI=1S/C19H22N2O3/c1-21(11-15-10-13-6-2-3-7-14(13)12-23-15)19(22)18-16-8-4-5-9-17(16)24-20-18/h2-3,6-7,15H,4-5,8-12H2,1H3. The van der Waals surface area contributed by atoms with E-state index < -0.39 is 0 Å². The van der Waals surface area contributed by atoms with Crippen LogP contribution in [0.5, 0.6) is 0 Å². The Bertz CT molecular complexity index is 753. The fourth-order valence-electron chi connectivity index (χ4n) is 3.65. The van der Waals surface area contributed by atoms with Crippen LogP contribution in [0.1, 0.15) is 45.8 Å². The molecule has 0 fully saturated rings. The zero-order valence-corrected chi connectivity index (χ0v) is 14.0. The minimum Gasteiger partial charge on any atom is -0.371 e. The minimum absolute atomic E-state index is 0.0246. The van der Waals surface area contributed by atoms with Crippen molar-refractivity contribution in [1.29, 1.82) is 0 Å². The van der Waals surface area contributed by atoms with Crippen LogP contribution >= 0.6 is 0 Å². The largest absolute Gasteiger partial charge is 0.371 e. The highest BCUT2D eigenvalue weighted by Gasteiger charge is 2.28. The molecule has 5 heteroatoms. The third kappa shape index (κ3) is 2.84. The van der Waals surface area contributed by atoms with E-state index in [0.29, 0.717) is 18.8 Å². The van der Waals surface area contributed by atoms with Crippen LogP contribution in [0.15, 0.2) is 28.8 Å². The molecule has 1 aromatic heterocycles. The molecule has 126 valence electrons. The molecule has 2 aromatic rings. The fourth-order valence-corrected chi connectivity index (χ4v) is 3.65. The van der Waals surface area contributed by atoms with Gasteiger partial charge in [-0.1, -0.05) is 29.4 Å². The molecule has 4 rings (SSSR count). The molecule has 1 amide bonds. The number of rotatable bonds is 3. The molecule has 1 aromatic carbocycles. The zero-order valence-electron chi connectivity index (χ0n) is 14.0. The van der Waals surface area contributed by atoms with Crippen molar-refractivity contribution in [1.82, 2.24) is 10.1 Å². The summed E-state index contributed by atoms with van der Waals surface area (Å²) in [5.41, 5.74) is 4.05. The van der Waals surface area contributed by atoms with E-state index in [1.165, 1.54) is 11.1 Å². The molecule has 0 spiro atoms. The van der Waals surface area contributed by atoms with Crippen LogP contribution < -0.4 is 0 Å². The molecule has 2 aliphatic rings. The molecule has 1 aliphatic carbocycles. The maximum absolute atomic E-state index is 12.7. The molecule has 1 unspecified atom stereocenters. The second-order valence-electron chi connectivity index (χ2n) is 6.73. The van der Waals surface area contributed by atoms with Gasteiger partial charge in [-0.2, -0.15) is 0 Å². The summed E-state index contributed by atoms with van der Waals surface area (Å²) in [7, 11) is 1.82. The third-order valence-corrected chi connectivity index (χ3v) is 5.02. The Morgan fingerprint density at radius 1 is 1.25 bits per heavy atom.